The number of rotatable bonds is 9. The van der Waals surface area contributed by atoms with Crippen LogP contribution in [0.5, 0.6) is 0 Å². The molecule has 0 aliphatic rings. The first-order chi connectivity index (χ1) is 16.6. The van der Waals surface area contributed by atoms with Crippen molar-refractivity contribution < 1.29 is 28.5 Å². The molecule has 0 N–H and O–H groups in total. The molecule has 0 aliphatic heterocycles. The molecule has 4 aromatic carbocycles. The Morgan fingerprint density at radius 2 is 1.26 bits per heavy atom. The van der Waals surface area contributed by atoms with E-state index in [-0.39, 0.29) is 26.4 Å². The van der Waals surface area contributed by atoms with Gasteiger partial charge in [-0.15, -0.1) is 0 Å². The largest absolute Gasteiger partial charge is 0.467 e. The van der Waals surface area contributed by atoms with Crippen LogP contribution in [0.2, 0.25) is 0 Å². The quantitative estimate of drug-likeness (QED) is 0.259. The minimum atomic E-state index is -0.423. The van der Waals surface area contributed by atoms with Crippen molar-refractivity contribution in [2.45, 2.75) is 13.2 Å². The smallest absolute Gasteiger partial charge is 0.331 e. The summed E-state index contributed by atoms with van der Waals surface area (Å²) in [6, 6.07) is 24.7. The van der Waals surface area contributed by atoms with Crippen LogP contribution in [-0.2, 0) is 41.8 Å². The average molecular weight is 459 g/mol. The number of fused-ring (bicyclic) bond motifs is 3. The van der Waals surface area contributed by atoms with Gasteiger partial charge in [-0.05, 0) is 55.9 Å². The third-order valence-electron chi connectivity index (χ3n) is 5.69. The number of hydrogen-bond donors (Lipinski definition) is 0. The molecule has 0 atom stereocenters. The van der Waals surface area contributed by atoms with E-state index in [1.807, 2.05) is 30.3 Å². The Morgan fingerprint density at radius 1 is 0.588 bits per heavy atom. The van der Waals surface area contributed by atoms with Gasteiger partial charge in [0.05, 0.1) is 27.4 Å². The molecule has 0 aromatic heterocycles. The van der Waals surface area contributed by atoms with E-state index in [1.165, 1.54) is 14.2 Å². The van der Waals surface area contributed by atoms with Crippen molar-refractivity contribution in [1.82, 2.24) is 0 Å². The van der Waals surface area contributed by atoms with Gasteiger partial charge in [0.1, 0.15) is 13.2 Å². The molecule has 6 nitrogen and oxygen atoms in total. The molecule has 34 heavy (non-hydrogen) atoms. The lowest BCUT2D eigenvalue weighted by Gasteiger charge is -2.15. The van der Waals surface area contributed by atoms with E-state index in [1.54, 1.807) is 0 Å². The van der Waals surface area contributed by atoms with E-state index in [4.69, 9.17) is 9.47 Å². The van der Waals surface area contributed by atoms with Gasteiger partial charge in [0.2, 0.25) is 0 Å². The monoisotopic (exact) mass is 458 g/mol. The molecule has 0 bridgehead atoms. The fourth-order valence-electron chi connectivity index (χ4n) is 3.98. The van der Waals surface area contributed by atoms with E-state index in [0.29, 0.717) is 0 Å². The summed E-state index contributed by atoms with van der Waals surface area (Å²) in [6.07, 6.45) is 0. The van der Waals surface area contributed by atoms with Crippen LogP contribution in [0.3, 0.4) is 0 Å². The van der Waals surface area contributed by atoms with Crippen LogP contribution < -0.4 is 0 Å². The summed E-state index contributed by atoms with van der Waals surface area (Å²) < 4.78 is 20.6. The minimum absolute atomic E-state index is 0.117. The van der Waals surface area contributed by atoms with Gasteiger partial charge in [-0.3, -0.25) is 0 Å². The van der Waals surface area contributed by atoms with Gasteiger partial charge < -0.3 is 18.9 Å². The Morgan fingerprint density at radius 3 is 1.94 bits per heavy atom. The van der Waals surface area contributed by atoms with Crippen LogP contribution in [0.25, 0.3) is 32.7 Å². The van der Waals surface area contributed by atoms with Crippen molar-refractivity contribution in [3.05, 3.63) is 83.9 Å². The maximum Gasteiger partial charge on any atom is 0.331 e. The van der Waals surface area contributed by atoms with Gasteiger partial charge in [0.15, 0.2) is 0 Å². The second-order valence-corrected chi connectivity index (χ2v) is 7.81. The number of ether oxygens (including phenoxy) is 4. The third-order valence-corrected chi connectivity index (χ3v) is 5.69. The fourth-order valence-corrected chi connectivity index (χ4v) is 3.98. The molecule has 0 fully saturated rings. The highest BCUT2D eigenvalue weighted by Gasteiger charge is 2.13. The summed E-state index contributed by atoms with van der Waals surface area (Å²) in [5.41, 5.74) is 4.13. The number of carbonyl (C=O) groups is 2. The Hall–Kier alpha value is -3.74. The second-order valence-electron chi connectivity index (χ2n) is 7.81. The number of carbonyl (C=O) groups excluding carboxylic acids is 2. The van der Waals surface area contributed by atoms with E-state index in [2.05, 4.69) is 51.9 Å². The molecule has 0 amide bonds. The molecule has 0 aliphatic carbocycles. The molecule has 0 saturated heterocycles. The van der Waals surface area contributed by atoms with Crippen LogP contribution in [0.4, 0.5) is 0 Å². The van der Waals surface area contributed by atoms with Crippen LogP contribution in [0.1, 0.15) is 11.1 Å². The summed E-state index contributed by atoms with van der Waals surface area (Å²) in [5, 5.41) is 4.19. The van der Waals surface area contributed by atoms with E-state index >= 15 is 0 Å². The predicted molar refractivity (Wildman–Crippen MR) is 130 cm³/mol. The average Bonchev–Trinajstić information content (AvgIpc) is 2.88. The maximum atomic E-state index is 11.5. The number of hydrogen-bond acceptors (Lipinski definition) is 6. The van der Waals surface area contributed by atoms with Crippen LogP contribution in [0, 0.1) is 0 Å². The van der Waals surface area contributed by atoms with E-state index < -0.39 is 11.9 Å². The van der Waals surface area contributed by atoms with Crippen LogP contribution >= 0.6 is 0 Å². The molecule has 0 saturated carbocycles. The van der Waals surface area contributed by atoms with Gasteiger partial charge in [-0.25, -0.2) is 9.59 Å². The molecule has 4 rings (SSSR count). The third kappa shape index (κ3) is 5.25. The van der Waals surface area contributed by atoms with Gasteiger partial charge in [0, 0.05) is 0 Å². The zero-order chi connectivity index (χ0) is 23.9. The van der Waals surface area contributed by atoms with Crippen molar-refractivity contribution >= 4 is 33.5 Å². The molecule has 0 unspecified atom stereocenters. The topological polar surface area (TPSA) is 71.1 Å². The molecule has 0 heterocycles. The first-order valence-corrected chi connectivity index (χ1v) is 10.9. The zero-order valence-corrected chi connectivity index (χ0v) is 19.2. The summed E-state index contributed by atoms with van der Waals surface area (Å²) in [7, 11) is 2.67. The Labute approximate surface area is 198 Å². The summed E-state index contributed by atoms with van der Waals surface area (Å²) in [4.78, 5) is 23.0. The number of benzene rings is 4. The highest BCUT2D eigenvalue weighted by molar-refractivity contribution is 6.11. The maximum absolute atomic E-state index is 11.5. The first-order valence-electron chi connectivity index (χ1n) is 10.9. The summed E-state index contributed by atoms with van der Waals surface area (Å²) in [6.45, 7) is 0.276. The number of methoxy groups -OCH3 is 2. The van der Waals surface area contributed by atoms with Gasteiger partial charge >= 0.3 is 11.9 Å². The van der Waals surface area contributed by atoms with Crippen molar-refractivity contribution in [2.24, 2.45) is 0 Å². The highest BCUT2D eigenvalue weighted by atomic mass is 16.6. The van der Waals surface area contributed by atoms with Crippen molar-refractivity contribution in [3.63, 3.8) is 0 Å². The summed E-state index contributed by atoms with van der Waals surface area (Å²) >= 11 is 0. The minimum Gasteiger partial charge on any atom is -0.467 e. The normalized spacial score (nSPS) is 11.0. The van der Waals surface area contributed by atoms with Crippen LogP contribution in [-0.4, -0.2) is 39.4 Å². The molecule has 0 spiro atoms. The van der Waals surface area contributed by atoms with Crippen molar-refractivity contribution in [2.75, 3.05) is 27.4 Å². The fraction of sp³-hybridized carbons (Fsp3) is 0.214. The molecule has 174 valence electrons. The van der Waals surface area contributed by atoms with Gasteiger partial charge in [0.25, 0.3) is 0 Å². The lowest BCUT2D eigenvalue weighted by atomic mass is 9.92. The lowest BCUT2D eigenvalue weighted by molar-refractivity contribution is -0.147. The van der Waals surface area contributed by atoms with E-state index in [9.17, 15) is 9.59 Å². The highest BCUT2D eigenvalue weighted by Crippen LogP contribution is 2.34. The molecular formula is C28H26O6. The Balaban J connectivity index is 1.80. The first kappa shape index (κ1) is 23.4. The molecular weight excluding hydrogens is 432 g/mol. The number of esters is 2. The zero-order valence-electron chi connectivity index (χ0n) is 19.2. The van der Waals surface area contributed by atoms with Crippen molar-refractivity contribution in [3.8, 4) is 11.1 Å². The molecule has 6 heteroatoms. The predicted octanol–water partition coefficient (Wildman–Crippen LogP) is 5.04. The van der Waals surface area contributed by atoms with Gasteiger partial charge in [-0.2, -0.15) is 0 Å². The SMILES string of the molecule is COC(=O)COCc1cccc2c1cc(COCC(=O)OC)c1ccc(-c3ccccc3)cc12. The van der Waals surface area contributed by atoms with Crippen LogP contribution in [0.15, 0.2) is 72.8 Å². The van der Waals surface area contributed by atoms with Crippen molar-refractivity contribution in [1.29, 1.82) is 0 Å². The van der Waals surface area contributed by atoms with E-state index in [0.717, 1.165) is 43.8 Å². The molecule has 4 aromatic rings. The Bertz CT molecular complexity index is 1310. The second kappa shape index (κ2) is 10.9. The lowest BCUT2D eigenvalue weighted by Crippen LogP contribution is -2.10. The Kier molecular flexibility index (Phi) is 7.52. The summed E-state index contributed by atoms with van der Waals surface area (Å²) in [5.74, 6) is -0.844. The van der Waals surface area contributed by atoms with Gasteiger partial charge in [-0.1, -0.05) is 60.7 Å². The standard InChI is InChI=1S/C28H26O6/c1-31-27(29)17-33-15-21-9-6-10-24-25(21)14-22(16-34-18-28(30)32-2)23-12-11-20(13-26(23)24)19-7-4-3-5-8-19/h3-14H,15-18H2,1-2H3. The molecule has 0 radical (unpaired) electrons.